The molecule has 0 saturated carbocycles. The highest BCUT2D eigenvalue weighted by molar-refractivity contribution is 7.89. The second kappa shape index (κ2) is 5.66. The molecule has 2 heterocycles. The van der Waals surface area contributed by atoms with E-state index in [0.717, 1.165) is 0 Å². The molecule has 1 aromatic rings. The minimum absolute atomic E-state index is 0.0196. The molecule has 22 heavy (non-hydrogen) atoms. The molecule has 8 heteroatoms. The van der Waals surface area contributed by atoms with Crippen LogP contribution in [0.3, 0.4) is 0 Å². The van der Waals surface area contributed by atoms with Gasteiger partial charge in [0.1, 0.15) is 4.90 Å². The highest BCUT2D eigenvalue weighted by atomic mass is 32.2. The van der Waals surface area contributed by atoms with Crippen molar-refractivity contribution < 1.29 is 13.2 Å². The number of rotatable bonds is 2. The number of sulfonamides is 1. The monoisotopic (exact) mass is 328 g/mol. The molecule has 1 aliphatic heterocycles. The van der Waals surface area contributed by atoms with E-state index < -0.39 is 10.0 Å². The molecule has 0 spiro atoms. The molecule has 0 unspecified atom stereocenters. The lowest BCUT2D eigenvalue weighted by Gasteiger charge is -2.33. The predicted molar refractivity (Wildman–Crippen MR) is 82.9 cm³/mol. The average Bonchev–Trinajstić information content (AvgIpc) is 2.82. The molecule has 0 radical (unpaired) electrons. The van der Waals surface area contributed by atoms with Crippen LogP contribution in [0.2, 0.25) is 0 Å². The lowest BCUT2D eigenvalue weighted by molar-refractivity contribution is -0.129. The second-order valence-corrected chi connectivity index (χ2v) is 8.58. The van der Waals surface area contributed by atoms with Gasteiger partial charge in [-0.1, -0.05) is 20.8 Å². The van der Waals surface area contributed by atoms with Gasteiger partial charge in [0.25, 0.3) is 0 Å². The summed E-state index contributed by atoms with van der Waals surface area (Å²) in [6, 6.07) is 0. The van der Waals surface area contributed by atoms with Gasteiger partial charge in [-0.3, -0.25) is 9.48 Å². The number of carbonyl (C=O) groups excluding carboxylic acids is 1. The van der Waals surface area contributed by atoms with E-state index in [1.807, 2.05) is 20.8 Å². The number of hydrogen-bond donors (Lipinski definition) is 0. The first-order valence-corrected chi connectivity index (χ1v) is 8.77. The summed E-state index contributed by atoms with van der Waals surface area (Å²) in [5, 5.41) is 4.33. The predicted octanol–water partition coefficient (Wildman–Crippen LogP) is 0.570. The Labute approximate surface area is 131 Å². The molecule has 0 atom stereocenters. The van der Waals surface area contributed by atoms with Crippen LogP contribution in [0.1, 0.15) is 33.4 Å². The maximum atomic E-state index is 12.9. The van der Waals surface area contributed by atoms with Crippen molar-refractivity contribution in [1.29, 1.82) is 0 Å². The summed E-state index contributed by atoms with van der Waals surface area (Å²) in [5.74, 6) is -0.0196. The molecule has 2 rings (SSSR count). The summed E-state index contributed by atoms with van der Waals surface area (Å²) in [4.78, 5) is 13.3. The third-order valence-corrected chi connectivity index (χ3v) is 5.71. The van der Waals surface area contributed by atoms with Gasteiger partial charge in [-0.25, -0.2) is 8.42 Å². The van der Waals surface area contributed by atoms with Crippen LogP contribution in [-0.2, 0) is 27.3 Å². The third kappa shape index (κ3) is 3.17. The van der Waals surface area contributed by atoms with Crippen molar-refractivity contribution in [3.63, 3.8) is 0 Å². The summed E-state index contributed by atoms with van der Waals surface area (Å²) in [5.41, 5.74) is 0.217. The smallest absolute Gasteiger partial charge is 0.246 e. The maximum Gasteiger partial charge on any atom is 0.246 e. The molecule has 1 aliphatic rings. The Hall–Kier alpha value is -1.41. The van der Waals surface area contributed by atoms with Gasteiger partial charge in [0.2, 0.25) is 15.9 Å². The highest BCUT2D eigenvalue weighted by Crippen LogP contribution is 2.29. The molecule has 0 bridgehead atoms. The molecule has 1 aromatic heterocycles. The summed E-state index contributed by atoms with van der Waals surface area (Å²) in [7, 11) is -1.87. The number of piperazine rings is 1. The first-order valence-electron chi connectivity index (χ1n) is 7.33. The van der Waals surface area contributed by atoms with Crippen molar-refractivity contribution in [3.05, 3.63) is 11.9 Å². The van der Waals surface area contributed by atoms with Crippen LogP contribution in [0.25, 0.3) is 0 Å². The Bertz CT molecular complexity index is 665. The first-order chi connectivity index (χ1) is 10.0. The SMILES string of the molecule is CC(=O)N1CCN(S(=O)(=O)c2cn(C)nc2C(C)(C)C)CC1. The van der Waals surface area contributed by atoms with Gasteiger partial charge in [0.15, 0.2) is 0 Å². The van der Waals surface area contributed by atoms with Crippen molar-refractivity contribution >= 4 is 15.9 Å². The van der Waals surface area contributed by atoms with E-state index >= 15 is 0 Å². The first kappa shape index (κ1) is 17.0. The van der Waals surface area contributed by atoms with Crippen LogP contribution in [0.4, 0.5) is 0 Å². The van der Waals surface area contributed by atoms with E-state index in [1.54, 1.807) is 22.8 Å². The van der Waals surface area contributed by atoms with Crippen molar-refractivity contribution in [2.75, 3.05) is 26.2 Å². The molecule has 7 nitrogen and oxygen atoms in total. The normalized spacial score (nSPS) is 17.8. The van der Waals surface area contributed by atoms with Crippen LogP contribution in [-0.4, -0.2) is 59.5 Å². The standard InChI is InChI=1S/C14H24N4O3S/c1-11(19)17-6-8-18(9-7-17)22(20,21)12-10-16(5)15-13(12)14(2,3)4/h10H,6-9H2,1-5H3. The van der Waals surface area contributed by atoms with Crippen molar-refractivity contribution in [2.45, 2.75) is 38.0 Å². The van der Waals surface area contributed by atoms with Crippen LogP contribution in [0.5, 0.6) is 0 Å². The number of nitrogens with zero attached hydrogens (tertiary/aromatic N) is 4. The molecule has 0 aromatic carbocycles. The Morgan fingerprint density at radius 2 is 1.73 bits per heavy atom. The quantitative estimate of drug-likeness (QED) is 0.795. The van der Waals surface area contributed by atoms with Gasteiger partial charge < -0.3 is 4.90 Å². The zero-order valence-corrected chi connectivity index (χ0v) is 14.6. The third-order valence-electron chi connectivity index (χ3n) is 3.81. The summed E-state index contributed by atoms with van der Waals surface area (Å²) < 4.78 is 28.8. The largest absolute Gasteiger partial charge is 0.340 e. The Kier molecular flexibility index (Phi) is 4.36. The zero-order valence-electron chi connectivity index (χ0n) is 13.8. The number of hydrogen-bond acceptors (Lipinski definition) is 4. The molecule has 1 amide bonds. The number of amides is 1. The Morgan fingerprint density at radius 1 is 1.18 bits per heavy atom. The van der Waals surface area contributed by atoms with E-state index in [0.29, 0.717) is 31.9 Å². The molecule has 1 saturated heterocycles. The summed E-state index contributed by atoms with van der Waals surface area (Å²) in [6.07, 6.45) is 1.56. The minimum Gasteiger partial charge on any atom is -0.340 e. The molecular weight excluding hydrogens is 304 g/mol. The van der Waals surface area contributed by atoms with E-state index in [-0.39, 0.29) is 16.2 Å². The van der Waals surface area contributed by atoms with Crippen molar-refractivity contribution in [3.8, 4) is 0 Å². The Balaban J connectivity index is 2.31. The van der Waals surface area contributed by atoms with Gasteiger partial charge in [-0.2, -0.15) is 9.40 Å². The molecular formula is C14H24N4O3S. The van der Waals surface area contributed by atoms with Crippen LogP contribution < -0.4 is 0 Å². The lowest BCUT2D eigenvalue weighted by Crippen LogP contribution is -2.50. The van der Waals surface area contributed by atoms with Gasteiger partial charge in [0, 0.05) is 51.8 Å². The van der Waals surface area contributed by atoms with Gasteiger partial charge in [0.05, 0.1) is 5.69 Å². The van der Waals surface area contributed by atoms with Crippen LogP contribution in [0.15, 0.2) is 11.1 Å². The lowest BCUT2D eigenvalue weighted by atomic mass is 9.92. The van der Waals surface area contributed by atoms with E-state index in [1.165, 1.54) is 11.2 Å². The van der Waals surface area contributed by atoms with Gasteiger partial charge in [-0.05, 0) is 0 Å². The second-order valence-electron chi connectivity index (χ2n) is 6.68. The van der Waals surface area contributed by atoms with Crippen molar-refractivity contribution in [1.82, 2.24) is 19.0 Å². The minimum atomic E-state index is -3.59. The molecule has 0 N–H and O–H groups in total. The fourth-order valence-corrected chi connectivity index (χ4v) is 4.36. The molecule has 0 aliphatic carbocycles. The highest BCUT2D eigenvalue weighted by Gasteiger charge is 2.35. The average molecular weight is 328 g/mol. The molecule has 1 fully saturated rings. The van der Waals surface area contributed by atoms with E-state index in [4.69, 9.17) is 0 Å². The maximum absolute atomic E-state index is 12.9. The van der Waals surface area contributed by atoms with E-state index in [9.17, 15) is 13.2 Å². The fraction of sp³-hybridized carbons (Fsp3) is 0.714. The number of aromatic nitrogens is 2. The van der Waals surface area contributed by atoms with Crippen LogP contribution >= 0.6 is 0 Å². The van der Waals surface area contributed by atoms with Gasteiger partial charge in [-0.15, -0.1) is 0 Å². The summed E-state index contributed by atoms with van der Waals surface area (Å²) in [6.45, 7) is 8.84. The molecule has 124 valence electrons. The summed E-state index contributed by atoms with van der Waals surface area (Å²) >= 11 is 0. The fourth-order valence-electron chi connectivity index (χ4n) is 2.56. The van der Waals surface area contributed by atoms with Gasteiger partial charge >= 0.3 is 0 Å². The number of aryl methyl sites for hydroxylation is 1. The number of carbonyl (C=O) groups is 1. The van der Waals surface area contributed by atoms with E-state index in [2.05, 4.69) is 5.10 Å². The Morgan fingerprint density at radius 3 is 2.18 bits per heavy atom. The zero-order chi connectivity index (χ0) is 16.7. The van der Waals surface area contributed by atoms with Crippen LogP contribution in [0, 0.1) is 0 Å². The van der Waals surface area contributed by atoms with Crippen molar-refractivity contribution in [2.24, 2.45) is 7.05 Å². The topological polar surface area (TPSA) is 75.5 Å².